The van der Waals surface area contributed by atoms with Gasteiger partial charge in [0.2, 0.25) is 0 Å². The maximum absolute atomic E-state index is 14.0. The Morgan fingerprint density at radius 1 is 1.20 bits per heavy atom. The van der Waals surface area contributed by atoms with E-state index in [2.05, 4.69) is 5.10 Å². The third kappa shape index (κ3) is 1.98. The molecule has 3 nitrogen and oxygen atoms in total. The second-order valence-corrected chi connectivity index (χ2v) is 5.03. The fraction of sp³-hybridized carbons (Fsp3) is 0.188. The van der Waals surface area contributed by atoms with Crippen molar-refractivity contribution < 1.29 is 4.39 Å². The van der Waals surface area contributed by atoms with Gasteiger partial charge in [0.25, 0.3) is 0 Å². The molecule has 1 aromatic heterocycles. The van der Waals surface area contributed by atoms with Gasteiger partial charge in [-0.15, -0.1) is 0 Å². The van der Waals surface area contributed by atoms with Crippen LogP contribution in [0.15, 0.2) is 42.5 Å². The van der Waals surface area contributed by atoms with Gasteiger partial charge in [-0.25, -0.2) is 4.39 Å². The summed E-state index contributed by atoms with van der Waals surface area (Å²) in [5, 5.41) is 5.42. The molecule has 0 amide bonds. The first kappa shape index (κ1) is 12.8. The first-order chi connectivity index (χ1) is 9.58. The average molecular weight is 269 g/mol. The number of hydrogen-bond donors (Lipinski definition) is 1. The van der Waals surface area contributed by atoms with Crippen LogP contribution < -0.4 is 5.73 Å². The van der Waals surface area contributed by atoms with E-state index >= 15 is 0 Å². The van der Waals surface area contributed by atoms with Crippen molar-refractivity contribution in [2.45, 2.75) is 13.0 Å². The number of benzene rings is 2. The Bertz CT molecular complexity index is 776. The first-order valence-electron chi connectivity index (χ1n) is 6.51. The summed E-state index contributed by atoms with van der Waals surface area (Å²) in [6.45, 7) is 1.92. The third-order valence-electron chi connectivity index (χ3n) is 3.57. The minimum Gasteiger partial charge on any atom is -0.319 e. The summed E-state index contributed by atoms with van der Waals surface area (Å²) in [5.74, 6) is -0.294. The van der Waals surface area contributed by atoms with E-state index in [1.165, 1.54) is 6.07 Å². The summed E-state index contributed by atoms with van der Waals surface area (Å²) < 4.78 is 15.8. The highest BCUT2D eigenvalue weighted by molar-refractivity contribution is 5.82. The van der Waals surface area contributed by atoms with Crippen LogP contribution in [0.4, 0.5) is 4.39 Å². The zero-order chi connectivity index (χ0) is 14.3. The monoisotopic (exact) mass is 269 g/mol. The number of halogens is 1. The van der Waals surface area contributed by atoms with Gasteiger partial charge in [-0.05, 0) is 19.1 Å². The number of fused-ring (bicyclic) bond motifs is 1. The lowest BCUT2D eigenvalue weighted by Crippen LogP contribution is -2.15. The Balaban J connectivity index is 2.18. The SMILES string of the molecule is Cc1ccc(F)c(C(N)c2nn(C)c3ccccc23)c1. The second kappa shape index (κ2) is 4.72. The molecule has 3 aromatic rings. The molecule has 102 valence electrons. The lowest BCUT2D eigenvalue weighted by Gasteiger charge is -2.12. The number of nitrogens with zero attached hydrogens (tertiary/aromatic N) is 2. The maximum Gasteiger partial charge on any atom is 0.128 e. The van der Waals surface area contributed by atoms with Crippen molar-refractivity contribution in [3.63, 3.8) is 0 Å². The lowest BCUT2D eigenvalue weighted by atomic mass is 9.99. The van der Waals surface area contributed by atoms with Gasteiger partial charge in [-0.3, -0.25) is 4.68 Å². The van der Waals surface area contributed by atoms with Crippen LogP contribution in [0, 0.1) is 12.7 Å². The molecule has 4 heteroatoms. The maximum atomic E-state index is 14.0. The molecule has 0 radical (unpaired) electrons. The van der Waals surface area contributed by atoms with Crippen molar-refractivity contribution in [1.82, 2.24) is 9.78 Å². The van der Waals surface area contributed by atoms with Crippen LogP contribution in [0.1, 0.15) is 22.9 Å². The molecular weight excluding hydrogens is 253 g/mol. The smallest absolute Gasteiger partial charge is 0.128 e. The van der Waals surface area contributed by atoms with Crippen molar-refractivity contribution in [1.29, 1.82) is 0 Å². The molecule has 2 N–H and O–H groups in total. The van der Waals surface area contributed by atoms with Crippen LogP contribution in [-0.4, -0.2) is 9.78 Å². The summed E-state index contributed by atoms with van der Waals surface area (Å²) in [4.78, 5) is 0. The molecule has 1 atom stereocenters. The molecule has 0 aliphatic rings. The molecule has 0 bridgehead atoms. The fourth-order valence-electron chi connectivity index (χ4n) is 2.52. The van der Waals surface area contributed by atoms with Gasteiger partial charge in [-0.1, -0.05) is 35.9 Å². The van der Waals surface area contributed by atoms with Gasteiger partial charge in [0.1, 0.15) is 5.82 Å². The summed E-state index contributed by atoms with van der Waals surface area (Å²) in [5.41, 5.74) is 9.41. The predicted octanol–water partition coefficient (Wildman–Crippen LogP) is 3.07. The van der Waals surface area contributed by atoms with Gasteiger partial charge < -0.3 is 5.73 Å². The Morgan fingerprint density at radius 2 is 1.95 bits per heavy atom. The normalized spacial score (nSPS) is 12.8. The molecule has 2 aromatic carbocycles. The van der Waals surface area contributed by atoms with Gasteiger partial charge in [0, 0.05) is 18.0 Å². The molecule has 0 aliphatic heterocycles. The van der Waals surface area contributed by atoms with E-state index in [1.54, 1.807) is 16.8 Å². The molecular formula is C16H16FN3. The Hall–Kier alpha value is -2.20. The zero-order valence-corrected chi connectivity index (χ0v) is 11.5. The first-order valence-corrected chi connectivity index (χ1v) is 6.51. The van der Waals surface area contributed by atoms with E-state index in [0.717, 1.165) is 16.5 Å². The molecule has 1 heterocycles. The van der Waals surface area contributed by atoms with E-state index < -0.39 is 6.04 Å². The van der Waals surface area contributed by atoms with E-state index in [-0.39, 0.29) is 5.82 Å². The number of para-hydroxylation sites is 1. The zero-order valence-electron chi connectivity index (χ0n) is 11.5. The highest BCUT2D eigenvalue weighted by Crippen LogP contribution is 2.28. The van der Waals surface area contributed by atoms with Crippen LogP contribution >= 0.6 is 0 Å². The molecule has 1 unspecified atom stereocenters. The Kier molecular flexibility index (Phi) is 3.03. The largest absolute Gasteiger partial charge is 0.319 e. The highest BCUT2D eigenvalue weighted by Gasteiger charge is 2.19. The molecule has 0 aliphatic carbocycles. The Labute approximate surface area is 116 Å². The van der Waals surface area contributed by atoms with Gasteiger partial charge in [0.05, 0.1) is 17.3 Å². The van der Waals surface area contributed by atoms with Crippen molar-refractivity contribution in [2.24, 2.45) is 12.8 Å². The van der Waals surface area contributed by atoms with E-state index in [0.29, 0.717) is 11.3 Å². The third-order valence-corrected chi connectivity index (χ3v) is 3.57. The quantitative estimate of drug-likeness (QED) is 0.777. The van der Waals surface area contributed by atoms with Crippen molar-refractivity contribution in [3.05, 3.63) is 65.1 Å². The van der Waals surface area contributed by atoms with Crippen LogP contribution in [0.3, 0.4) is 0 Å². The number of aromatic nitrogens is 2. The molecule has 0 fully saturated rings. The number of nitrogens with two attached hydrogens (primary N) is 1. The topological polar surface area (TPSA) is 43.8 Å². The number of aryl methyl sites for hydroxylation is 2. The molecule has 0 saturated heterocycles. The molecule has 20 heavy (non-hydrogen) atoms. The van der Waals surface area contributed by atoms with Gasteiger partial charge >= 0.3 is 0 Å². The van der Waals surface area contributed by atoms with Crippen LogP contribution in [0.5, 0.6) is 0 Å². The molecule has 3 rings (SSSR count). The standard InChI is InChI=1S/C16H16FN3/c1-10-7-8-13(17)12(9-10)15(18)16-11-5-3-4-6-14(11)20(2)19-16/h3-9,15H,18H2,1-2H3. The molecule has 0 saturated carbocycles. The lowest BCUT2D eigenvalue weighted by molar-refractivity contribution is 0.594. The Morgan fingerprint density at radius 3 is 2.75 bits per heavy atom. The highest BCUT2D eigenvalue weighted by atomic mass is 19.1. The van der Waals surface area contributed by atoms with Gasteiger partial charge in [0.15, 0.2) is 0 Å². The van der Waals surface area contributed by atoms with E-state index in [9.17, 15) is 4.39 Å². The van der Waals surface area contributed by atoms with Crippen molar-refractivity contribution in [2.75, 3.05) is 0 Å². The summed E-state index contributed by atoms with van der Waals surface area (Å²) in [6, 6.07) is 12.2. The minimum atomic E-state index is -0.569. The number of rotatable bonds is 2. The van der Waals surface area contributed by atoms with E-state index in [4.69, 9.17) is 5.73 Å². The summed E-state index contributed by atoms with van der Waals surface area (Å²) in [6.07, 6.45) is 0. The minimum absolute atomic E-state index is 0.294. The van der Waals surface area contributed by atoms with Gasteiger partial charge in [-0.2, -0.15) is 5.10 Å². The average Bonchev–Trinajstić information content (AvgIpc) is 2.79. The second-order valence-electron chi connectivity index (χ2n) is 5.03. The van der Waals surface area contributed by atoms with Crippen molar-refractivity contribution >= 4 is 10.9 Å². The van der Waals surface area contributed by atoms with Crippen LogP contribution in [0.25, 0.3) is 10.9 Å². The van der Waals surface area contributed by atoms with Crippen LogP contribution in [0.2, 0.25) is 0 Å². The summed E-state index contributed by atoms with van der Waals surface area (Å²) >= 11 is 0. The number of hydrogen-bond acceptors (Lipinski definition) is 2. The molecule has 0 spiro atoms. The predicted molar refractivity (Wildman–Crippen MR) is 77.9 cm³/mol. The van der Waals surface area contributed by atoms with Crippen LogP contribution in [-0.2, 0) is 7.05 Å². The van der Waals surface area contributed by atoms with Crippen molar-refractivity contribution in [3.8, 4) is 0 Å². The fourth-order valence-corrected chi connectivity index (χ4v) is 2.52. The summed E-state index contributed by atoms with van der Waals surface area (Å²) in [7, 11) is 1.87. The van der Waals surface area contributed by atoms with E-state index in [1.807, 2.05) is 38.2 Å².